The minimum Gasteiger partial charge on any atom is -0.339 e. The van der Waals surface area contributed by atoms with Crippen molar-refractivity contribution < 1.29 is 14.0 Å². The van der Waals surface area contributed by atoms with Crippen LogP contribution in [-0.4, -0.2) is 58.9 Å². The predicted octanol–water partition coefficient (Wildman–Crippen LogP) is 1.28. The molecule has 0 aromatic carbocycles. The minimum absolute atomic E-state index is 0.0971. The Labute approximate surface area is 151 Å². The molecule has 1 saturated heterocycles. The number of rotatable bonds is 4. The zero-order valence-electron chi connectivity index (χ0n) is 15.0. The van der Waals surface area contributed by atoms with Gasteiger partial charge < -0.3 is 14.8 Å². The topological polar surface area (TPSA) is 73.5 Å². The molecule has 1 aromatic heterocycles. The molecule has 26 heavy (non-hydrogen) atoms. The van der Waals surface area contributed by atoms with E-state index in [2.05, 4.69) is 4.98 Å². The molecule has 0 unspecified atom stereocenters. The number of alkyl halides is 1. The number of nitrogens with one attached hydrogen (secondary N) is 1. The first-order valence-corrected chi connectivity index (χ1v) is 9.41. The zero-order chi connectivity index (χ0) is 18.4. The van der Waals surface area contributed by atoms with Crippen molar-refractivity contribution >= 4 is 11.8 Å². The van der Waals surface area contributed by atoms with Crippen molar-refractivity contribution in [3.05, 3.63) is 33.2 Å². The maximum atomic E-state index is 13.2. The highest BCUT2D eigenvalue weighted by molar-refractivity contribution is 5.95. The summed E-state index contributed by atoms with van der Waals surface area (Å²) in [5.41, 5.74) is 1.80. The summed E-state index contributed by atoms with van der Waals surface area (Å²) >= 11 is 0. The van der Waals surface area contributed by atoms with Crippen molar-refractivity contribution in [1.29, 1.82) is 0 Å². The number of pyridine rings is 1. The summed E-state index contributed by atoms with van der Waals surface area (Å²) in [5, 5.41) is 0. The lowest BCUT2D eigenvalue weighted by Crippen LogP contribution is -2.45. The van der Waals surface area contributed by atoms with E-state index in [4.69, 9.17) is 0 Å². The van der Waals surface area contributed by atoms with Crippen molar-refractivity contribution in [3.63, 3.8) is 0 Å². The number of aromatic nitrogens is 1. The monoisotopic (exact) mass is 361 g/mol. The van der Waals surface area contributed by atoms with E-state index in [0.29, 0.717) is 19.5 Å². The van der Waals surface area contributed by atoms with Crippen LogP contribution >= 0.6 is 0 Å². The number of hydrogen-bond acceptors (Lipinski definition) is 3. The lowest BCUT2D eigenvalue weighted by Gasteiger charge is -2.29. The minimum atomic E-state index is -1.01. The van der Waals surface area contributed by atoms with Gasteiger partial charge in [0.2, 0.25) is 5.91 Å². The third-order valence-corrected chi connectivity index (χ3v) is 5.90. The molecule has 140 valence electrons. The molecule has 1 aromatic rings. The SMILES string of the molecule is CN(C[C@H]1CCCN1C(=O)[C@@H]1C[C@H]1F)C(=O)c1c2c(c[nH]c1=O)CCC2. The molecule has 2 amide bonds. The average Bonchev–Trinajstić information content (AvgIpc) is 3.02. The van der Waals surface area contributed by atoms with Crippen molar-refractivity contribution in [1.82, 2.24) is 14.8 Å². The molecule has 0 bridgehead atoms. The number of carbonyl (C=O) groups is 2. The standard InChI is InChI=1S/C19H24FN3O3/c1-22(10-12-5-3-7-23(12)18(25)14-8-15(14)20)19(26)16-13-6-2-4-11(13)9-21-17(16)24/h9,12,14-15H,2-8,10H2,1H3,(H,21,24)/t12-,14-,15-/m1/s1. The second kappa shape index (κ2) is 6.52. The highest BCUT2D eigenvalue weighted by atomic mass is 19.1. The second-order valence-electron chi connectivity index (χ2n) is 7.72. The number of likely N-dealkylation sites (N-methyl/N-ethyl adjacent to an activating group) is 1. The summed E-state index contributed by atoms with van der Waals surface area (Å²) in [4.78, 5) is 43.5. The maximum absolute atomic E-state index is 13.2. The summed E-state index contributed by atoms with van der Waals surface area (Å²) in [6.07, 6.45) is 5.28. The second-order valence-corrected chi connectivity index (χ2v) is 7.72. The summed E-state index contributed by atoms with van der Waals surface area (Å²) in [7, 11) is 1.67. The molecule has 1 saturated carbocycles. The first-order chi connectivity index (χ1) is 12.5. The van der Waals surface area contributed by atoms with Gasteiger partial charge in [0.05, 0.1) is 5.92 Å². The molecule has 6 nitrogen and oxygen atoms in total. The summed E-state index contributed by atoms with van der Waals surface area (Å²) in [6, 6.07) is -0.0971. The molecule has 3 aliphatic rings. The number of aryl methyl sites for hydroxylation is 1. The fourth-order valence-corrected chi connectivity index (χ4v) is 4.34. The smallest absolute Gasteiger partial charge is 0.261 e. The number of aromatic amines is 1. The first kappa shape index (κ1) is 17.2. The molecule has 2 heterocycles. The lowest BCUT2D eigenvalue weighted by molar-refractivity contribution is -0.134. The Hall–Kier alpha value is -2.18. The van der Waals surface area contributed by atoms with Gasteiger partial charge in [-0.05, 0) is 49.7 Å². The molecule has 2 fully saturated rings. The van der Waals surface area contributed by atoms with E-state index in [1.807, 2.05) is 0 Å². The summed E-state index contributed by atoms with van der Waals surface area (Å²) in [5.74, 6) is -0.907. The predicted molar refractivity (Wildman–Crippen MR) is 93.8 cm³/mol. The Kier molecular flexibility index (Phi) is 4.32. The number of H-pyrrole nitrogens is 1. The molecule has 0 spiro atoms. The number of carbonyl (C=O) groups excluding carboxylic acids is 2. The van der Waals surface area contributed by atoms with Crippen LogP contribution in [0, 0.1) is 5.92 Å². The van der Waals surface area contributed by atoms with E-state index >= 15 is 0 Å². The van der Waals surface area contributed by atoms with Gasteiger partial charge in [-0.2, -0.15) is 0 Å². The largest absolute Gasteiger partial charge is 0.339 e. The highest BCUT2D eigenvalue weighted by Gasteiger charge is 2.47. The Morgan fingerprint density at radius 2 is 2.12 bits per heavy atom. The van der Waals surface area contributed by atoms with Gasteiger partial charge in [0.1, 0.15) is 11.7 Å². The van der Waals surface area contributed by atoms with Crippen LogP contribution in [0.1, 0.15) is 47.2 Å². The van der Waals surface area contributed by atoms with Crippen LogP contribution in [0.3, 0.4) is 0 Å². The van der Waals surface area contributed by atoms with Gasteiger partial charge >= 0.3 is 0 Å². The van der Waals surface area contributed by atoms with E-state index in [-0.39, 0.29) is 29.0 Å². The van der Waals surface area contributed by atoms with Crippen LogP contribution in [0.2, 0.25) is 0 Å². The fourth-order valence-electron chi connectivity index (χ4n) is 4.34. The third-order valence-electron chi connectivity index (χ3n) is 5.90. The van der Waals surface area contributed by atoms with Crippen LogP contribution in [0.15, 0.2) is 11.0 Å². The van der Waals surface area contributed by atoms with Crippen LogP contribution < -0.4 is 5.56 Å². The van der Waals surface area contributed by atoms with Crippen molar-refractivity contribution in [2.24, 2.45) is 5.92 Å². The lowest BCUT2D eigenvalue weighted by atomic mass is 10.1. The van der Waals surface area contributed by atoms with Crippen LogP contribution in [0.25, 0.3) is 0 Å². The van der Waals surface area contributed by atoms with Crippen LogP contribution in [-0.2, 0) is 17.6 Å². The normalized spacial score (nSPS) is 26.7. The Morgan fingerprint density at radius 1 is 1.35 bits per heavy atom. The summed E-state index contributed by atoms with van der Waals surface area (Å²) in [6.45, 7) is 0.993. The van der Waals surface area contributed by atoms with Gasteiger partial charge in [0, 0.05) is 32.4 Å². The number of likely N-dealkylation sites (tertiary alicyclic amines) is 1. The zero-order valence-corrected chi connectivity index (χ0v) is 15.0. The number of hydrogen-bond donors (Lipinski definition) is 1. The highest BCUT2D eigenvalue weighted by Crippen LogP contribution is 2.37. The van der Waals surface area contributed by atoms with E-state index in [9.17, 15) is 18.8 Å². The molecule has 0 radical (unpaired) electrons. The van der Waals surface area contributed by atoms with E-state index < -0.39 is 12.1 Å². The molecule has 1 N–H and O–H groups in total. The number of halogens is 1. The Morgan fingerprint density at radius 3 is 2.85 bits per heavy atom. The van der Waals surface area contributed by atoms with Crippen LogP contribution in [0.4, 0.5) is 4.39 Å². The Balaban J connectivity index is 1.49. The van der Waals surface area contributed by atoms with Gasteiger partial charge in [-0.3, -0.25) is 14.4 Å². The van der Waals surface area contributed by atoms with E-state index in [1.165, 1.54) is 0 Å². The fraction of sp³-hybridized carbons (Fsp3) is 0.632. The third kappa shape index (κ3) is 2.93. The van der Waals surface area contributed by atoms with E-state index in [1.54, 1.807) is 23.0 Å². The van der Waals surface area contributed by atoms with Crippen molar-refractivity contribution in [3.8, 4) is 0 Å². The molecular formula is C19H24FN3O3. The number of nitrogens with zero attached hydrogens (tertiary/aromatic N) is 2. The van der Waals surface area contributed by atoms with Gasteiger partial charge in [0.15, 0.2) is 0 Å². The molecular weight excluding hydrogens is 337 g/mol. The van der Waals surface area contributed by atoms with Gasteiger partial charge in [-0.1, -0.05) is 0 Å². The van der Waals surface area contributed by atoms with Crippen molar-refractivity contribution in [2.75, 3.05) is 20.1 Å². The molecule has 2 aliphatic carbocycles. The quantitative estimate of drug-likeness (QED) is 0.878. The van der Waals surface area contributed by atoms with Crippen molar-refractivity contribution in [2.45, 2.75) is 50.7 Å². The van der Waals surface area contributed by atoms with Gasteiger partial charge in [-0.15, -0.1) is 0 Å². The molecule has 4 rings (SSSR count). The number of fused-ring (bicyclic) bond motifs is 1. The molecule has 7 heteroatoms. The summed E-state index contributed by atoms with van der Waals surface area (Å²) < 4.78 is 13.2. The number of amides is 2. The van der Waals surface area contributed by atoms with Gasteiger partial charge in [-0.25, -0.2) is 4.39 Å². The Bertz CT molecular complexity index is 806. The van der Waals surface area contributed by atoms with Crippen LogP contribution in [0.5, 0.6) is 0 Å². The molecule has 1 aliphatic heterocycles. The maximum Gasteiger partial charge on any atom is 0.261 e. The van der Waals surface area contributed by atoms with Gasteiger partial charge in [0.25, 0.3) is 11.5 Å². The average molecular weight is 361 g/mol. The van der Waals surface area contributed by atoms with E-state index in [0.717, 1.165) is 43.2 Å². The molecule has 3 atom stereocenters. The first-order valence-electron chi connectivity index (χ1n) is 9.41.